The van der Waals surface area contributed by atoms with Gasteiger partial charge in [-0.1, -0.05) is 6.92 Å². The van der Waals surface area contributed by atoms with Crippen molar-refractivity contribution in [2.45, 2.75) is 58.7 Å². The first kappa shape index (κ1) is 12.5. The first-order valence-electron chi connectivity index (χ1n) is 5.78. The van der Waals surface area contributed by atoms with Crippen molar-refractivity contribution in [2.75, 3.05) is 13.1 Å². The van der Waals surface area contributed by atoms with Crippen LogP contribution in [-0.4, -0.2) is 35.0 Å². The Morgan fingerprint density at radius 3 is 2.07 bits per heavy atom. The van der Waals surface area contributed by atoms with Crippen LogP contribution in [0, 0.1) is 5.41 Å². The van der Waals surface area contributed by atoms with E-state index in [1.54, 1.807) is 0 Å². The molecule has 1 saturated heterocycles. The van der Waals surface area contributed by atoms with Crippen molar-refractivity contribution in [3.05, 3.63) is 0 Å². The van der Waals surface area contributed by atoms with Gasteiger partial charge in [0, 0.05) is 19.5 Å². The van der Waals surface area contributed by atoms with Gasteiger partial charge in [0.25, 0.3) is 0 Å². The molecule has 15 heavy (non-hydrogen) atoms. The molecule has 1 aliphatic rings. The highest BCUT2D eigenvalue weighted by Gasteiger charge is 2.38. The number of rotatable bonds is 2. The maximum atomic E-state index is 8.01. The zero-order chi connectivity index (χ0) is 11.7. The van der Waals surface area contributed by atoms with Crippen LogP contribution >= 0.6 is 0 Å². The third-order valence-electron chi connectivity index (χ3n) is 2.56. The van der Waals surface area contributed by atoms with Gasteiger partial charge in [0.05, 0.1) is 17.0 Å². The third kappa shape index (κ3) is 3.49. The molecule has 1 heterocycles. The zero-order valence-corrected chi connectivity index (χ0v) is 10.7. The summed E-state index contributed by atoms with van der Waals surface area (Å²) in [5.74, 6) is 0.752. The minimum atomic E-state index is -0.151. The molecule has 1 fully saturated rings. The summed E-state index contributed by atoms with van der Waals surface area (Å²) >= 11 is 0. The summed E-state index contributed by atoms with van der Waals surface area (Å²) in [5.41, 5.74) is -0.302. The molecule has 0 spiro atoms. The lowest BCUT2D eigenvalue weighted by molar-refractivity contribution is -0.167. The second-order valence-corrected chi connectivity index (χ2v) is 5.67. The Morgan fingerprint density at radius 1 is 1.20 bits per heavy atom. The van der Waals surface area contributed by atoms with Crippen molar-refractivity contribution in [1.29, 1.82) is 5.41 Å². The lowest BCUT2D eigenvalue weighted by Gasteiger charge is -2.48. The molecular weight excluding hydrogens is 188 g/mol. The number of ether oxygens (including phenoxy) is 1. The van der Waals surface area contributed by atoms with Gasteiger partial charge in [0.15, 0.2) is 0 Å². The number of amidine groups is 1. The van der Waals surface area contributed by atoms with Gasteiger partial charge in [-0.05, 0) is 34.1 Å². The largest absolute Gasteiger partial charge is 0.366 e. The van der Waals surface area contributed by atoms with Gasteiger partial charge in [-0.3, -0.25) is 5.41 Å². The molecule has 88 valence electrons. The molecule has 0 aliphatic carbocycles. The molecule has 1 N–H and O–H groups in total. The van der Waals surface area contributed by atoms with Crippen LogP contribution in [0.4, 0.5) is 0 Å². The summed E-state index contributed by atoms with van der Waals surface area (Å²) in [5, 5.41) is 8.01. The average molecular weight is 212 g/mol. The Labute approximate surface area is 93.3 Å². The monoisotopic (exact) mass is 212 g/mol. The fraction of sp³-hybridized carbons (Fsp3) is 0.917. The predicted octanol–water partition coefficient (Wildman–Crippen LogP) is 2.65. The molecular formula is C12H24N2O. The molecule has 3 nitrogen and oxygen atoms in total. The van der Waals surface area contributed by atoms with Gasteiger partial charge < -0.3 is 9.64 Å². The molecule has 0 atom stereocenters. The van der Waals surface area contributed by atoms with Crippen molar-refractivity contribution in [1.82, 2.24) is 4.90 Å². The van der Waals surface area contributed by atoms with Gasteiger partial charge in [-0.2, -0.15) is 0 Å². The van der Waals surface area contributed by atoms with E-state index in [4.69, 9.17) is 10.1 Å². The summed E-state index contributed by atoms with van der Waals surface area (Å²) in [7, 11) is 0. The van der Waals surface area contributed by atoms with Crippen molar-refractivity contribution in [3.63, 3.8) is 0 Å². The standard InChI is InChI=1S/C12H24N2O/c1-6-7-10(13)14-8-11(2,3)15-12(4,5)9-14/h13H,6-9H2,1-5H3. The molecule has 1 aliphatic heterocycles. The van der Waals surface area contributed by atoms with Crippen LogP contribution < -0.4 is 0 Å². The van der Waals surface area contributed by atoms with Crippen LogP contribution in [0.25, 0.3) is 0 Å². The fourth-order valence-corrected chi connectivity index (χ4v) is 2.37. The lowest BCUT2D eigenvalue weighted by Crippen LogP contribution is -2.58. The Hall–Kier alpha value is -0.570. The lowest BCUT2D eigenvalue weighted by atomic mass is 9.98. The maximum Gasteiger partial charge on any atom is 0.0959 e. The number of hydrogen-bond acceptors (Lipinski definition) is 2. The van der Waals surface area contributed by atoms with Gasteiger partial charge >= 0.3 is 0 Å². The number of nitrogens with zero attached hydrogens (tertiary/aromatic N) is 1. The van der Waals surface area contributed by atoms with E-state index in [1.807, 2.05) is 0 Å². The Bertz CT molecular complexity index is 230. The van der Waals surface area contributed by atoms with E-state index in [-0.39, 0.29) is 11.2 Å². The molecule has 3 heteroatoms. The fourth-order valence-electron chi connectivity index (χ4n) is 2.37. The zero-order valence-electron chi connectivity index (χ0n) is 10.7. The molecule has 0 aromatic heterocycles. The first-order chi connectivity index (χ1) is 6.76. The molecule has 0 saturated carbocycles. The van der Waals surface area contributed by atoms with Gasteiger partial charge in [-0.25, -0.2) is 0 Å². The van der Waals surface area contributed by atoms with E-state index >= 15 is 0 Å². The highest BCUT2D eigenvalue weighted by atomic mass is 16.5. The highest BCUT2D eigenvalue weighted by molar-refractivity contribution is 5.79. The van der Waals surface area contributed by atoms with Crippen molar-refractivity contribution in [3.8, 4) is 0 Å². The minimum absolute atomic E-state index is 0.151. The predicted molar refractivity (Wildman–Crippen MR) is 63.5 cm³/mol. The van der Waals surface area contributed by atoms with Gasteiger partial charge in [-0.15, -0.1) is 0 Å². The summed E-state index contributed by atoms with van der Waals surface area (Å²) < 4.78 is 5.98. The molecule has 0 aromatic rings. The smallest absolute Gasteiger partial charge is 0.0959 e. The van der Waals surface area contributed by atoms with Crippen LogP contribution in [0.2, 0.25) is 0 Å². The van der Waals surface area contributed by atoms with E-state index in [0.717, 1.165) is 31.8 Å². The second kappa shape index (κ2) is 4.12. The quantitative estimate of drug-likeness (QED) is 0.564. The maximum absolute atomic E-state index is 8.01. The minimum Gasteiger partial charge on any atom is -0.366 e. The summed E-state index contributed by atoms with van der Waals surface area (Å²) in [6.07, 6.45) is 1.91. The molecule has 0 bridgehead atoms. The van der Waals surface area contributed by atoms with Crippen molar-refractivity contribution >= 4 is 5.84 Å². The molecule has 0 radical (unpaired) electrons. The number of hydrogen-bond donors (Lipinski definition) is 1. The molecule has 0 amide bonds. The molecule has 0 aromatic carbocycles. The average Bonchev–Trinajstić information content (AvgIpc) is 1.98. The summed E-state index contributed by atoms with van der Waals surface area (Å²) in [6.45, 7) is 12.2. The number of nitrogens with one attached hydrogen (secondary N) is 1. The Kier molecular flexibility index (Phi) is 3.44. The van der Waals surface area contributed by atoms with E-state index in [2.05, 4.69) is 39.5 Å². The Balaban J connectivity index is 2.71. The third-order valence-corrected chi connectivity index (χ3v) is 2.56. The number of morpholine rings is 1. The summed E-state index contributed by atoms with van der Waals surface area (Å²) in [4.78, 5) is 2.16. The van der Waals surface area contributed by atoms with Crippen LogP contribution in [0.1, 0.15) is 47.5 Å². The van der Waals surface area contributed by atoms with E-state index < -0.39 is 0 Å². The second-order valence-electron chi connectivity index (χ2n) is 5.67. The van der Waals surface area contributed by atoms with E-state index in [9.17, 15) is 0 Å². The molecule has 1 rings (SSSR count). The van der Waals surface area contributed by atoms with Crippen LogP contribution in [0.15, 0.2) is 0 Å². The van der Waals surface area contributed by atoms with Crippen molar-refractivity contribution in [2.24, 2.45) is 0 Å². The van der Waals surface area contributed by atoms with Crippen LogP contribution in [0.5, 0.6) is 0 Å². The van der Waals surface area contributed by atoms with E-state index in [0.29, 0.717) is 0 Å². The van der Waals surface area contributed by atoms with Crippen LogP contribution in [-0.2, 0) is 4.74 Å². The van der Waals surface area contributed by atoms with Gasteiger partial charge in [0.2, 0.25) is 0 Å². The SMILES string of the molecule is CCCC(=N)N1CC(C)(C)OC(C)(C)C1. The van der Waals surface area contributed by atoms with Crippen LogP contribution in [0.3, 0.4) is 0 Å². The van der Waals surface area contributed by atoms with Crippen molar-refractivity contribution < 1.29 is 4.74 Å². The highest BCUT2D eigenvalue weighted by Crippen LogP contribution is 2.28. The van der Waals surface area contributed by atoms with Gasteiger partial charge in [0.1, 0.15) is 0 Å². The topological polar surface area (TPSA) is 36.3 Å². The first-order valence-corrected chi connectivity index (χ1v) is 5.78. The van der Waals surface area contributed by atoms with E-state index in [1.165, 1.54) is 0 Å². The Morgan fingerprint density at radius 2 is 1.67 bits per heavy atom. The summed E-state index contributed by atoms with van der Waals surface area (Å²) in [6, 6.07) is 0. The molecule has 0 unspecified atom stereocenters. The normalized spacial score (nSPS) is 23.9.